The van der Waals surface area contributed by atoms with E-state index in [9.17, 15) is 9.18 Å². The van der Waals surface area contributed by atoms with Crippen LogP contribution in [0.2, 0.25) is 0 Å². The molecule has 1 aromatic carbocycles. The van der Waals surface area contributed by atoms with Crippen molar-refractivity contribution in [3.05, 3.63) is 34.6 Å². The van der Waals surface area contributed by atoms with Crippen LogP contribution in [0.5, 0.6) is 0 Å². The SMILES string of the molecule is CC1(C)c2cc(F)c(C(=O)O)cc2C(C)(C)C1(C)C. The zero-order chi connectivity index (χ0) is 14.8. The number of fused-ring (bicyclic) bond motifs is 1. The Bertz CT molecular complexity index is 568. The highest BCUT2D eigenvalue weighted by molar-refractivity contribution is 5.88. The molecule has 0 bridgehead atoms. The molecule has 0 amide bonds. The van der Waals surface area contributed by atoms with E-state index in [1.54, 1.807) is 0 Å². The van der Waals surface area contributed by atoms with Gasteiger partial charge in [-0.2, -0.15) is 0 Å². The van der Waals surface area contributed by atoms with Crippen LogP contribution >= 0.6 is 0 Å². The molecule has 2 rings (SSSR count). The van der Waals surface area contributed by atoms with Gasteiger partial charge in [-0.3, -0.25) is 0 Å². The van der Waals surface area contributed by atoms with Crippen molar-refractivity contribution < 1.29 is 14.3 Å². The Morgan fingerprint density at radius 3 is 1.84 bits per heavy atom. The summed E-state index contributed by atoms with van der Waals surface area (Å²) in [6, 6.07) is 2.93. The second-order valence-corrected chi connectivity index (χ2v) is 7.06. The van der Waals surface area contributed by atoms with Crippen LogP contribution in [-0.4, -0.2) is 11.1 Å². The number of carboxylic acid groups (broad SMARTS) is 1. The topological polar surface area (TPSA) is 37.3 Å². The first-order chi connectivity index (χ1) is 8.44. The van der Waals surface area contributed by atoms with Crippen molar-refractivity contribution in [3.63, 3.8) is 0 Å². The molecule has 0 fully saturated rings. The lowest BCUT2D eigenvalue weighted by Gasteiger charge is -2.44. The Kier molecular flexibility index (Phi) is 2.65. The minimum atomic E-state index is -1.21. The quantitative estimate of drug-likeness (QED) is 0.828. The van der Waals surface area contributed by atoms with Crippen molar-refractivity contribution in [2.24, 2.45) is 5.41 Å². The fourth-order valence-corrected chi connectivity index (χ4v) is 3.23. The molecule has 1 aliphatic rings. The third-order valence-corrected chi connectivity index (χ3v) is 5.81. The minimum absolute atomic E-state index is 0.0914. The Morgan fingerprint density at radius 1 is 1.00 bits per heavy atom. The summed E-state index contributed by atoms with van der Waals surface area (Å²) in [6.45, 7) is 12.7. The summed E-state index contributed by atoms with van der Waals surface area (Å²) in [5, 5.41) is 9.09. The number of hydrogen-bond acceptors (Lipinski definition) is 1. The van der Waals surface area contributed by atoms with Crippen molar-refractivity contribution in [3.8, 4) is 0 Å². The maximum absolute atomic E-state index is 14.0. The zero-order valence-corrected chi connectivity index (χ0v) is 12.4. The first kappa shape index (κ1) is 14.0. The second kappa shape index (κ2) is 3.59. The molecule has 0 aliphatic heterocycles. The molecule has 1 N–H and O–H groups in total. The van der Waals surface area contributed by atoms with Gasteiger partial charge in [0.05, 0.1) is 5.56 Å². The van der Waals surface area contributed by atoms with E-state index in [4.69, 9.17) is 5.11 Å². The fourth-order valence-electron chi connectivity index (χ4n) is 3.23. The number of benzene rings is 1. The van der Waals surface area contributed by atoms with Crippen molar-refractivity contribution in [2.75, 3.05) is 0 Å². The normalized spacial score (nSPS) is 22.1. The van der Waals surface area contributed by atoms with E-state index >= 15 is 0 Å². The van der Waals surface area contributed by atoms with Crippen molar-refractivity contribution in [1.82, 2.24) is 0 Å². The summed E-state index contributed by atoms with van der Waals surface area (Å²) in [6.07, 6.45) is 0. The number of rotatable bonds is 1. The maximum Gasteiger partial charge on any atom is 0.338 e. The first-order valence-electron chi connectivity index (χ1n) is 6.52. The monoisotopic (exact) mass is 264 g/mol. The fraction of sp³-hybridized carbons (Fsp3) is 0.562. The summed E-state index contributed by atoms with van der Waals surface area (Å²) in [5.41, 5.74) is 1.13. The summed E-state index contributed by atoms with van der Waals surface area (Å²) in [7, 11) is 0. The van der Waals surface area contributed by atoms with Gasteiger partial charge in [0, 0.05) is 0 Å². The van der Waals surface area contributed by atoms with Crippen LogP contribution in [-0.2, 0) is 10.8 Å². The molecule has 0 heterocycles. The Labute approximate surface area is 113 Å². The lowest BCUT2D eigenvalue weighted by molar-refractivity contribution is 0.0691. The van der Waals surface area contributed by atoms with Gasteiger partial charge in [0.1, 0.15) is 5.82 Å². The van der Waals surface area contributed by atoms with Gasteiger partial charge in [-0.25, -0.2) is 9.18 Å². The second-order valence-electron chi connectivity index (χ2n) is 7.06. The predicted octanol–water partition coefficient (Wildman–Crippen LogP) is 4.12. The molecule has 0 unspecified atom stereocenters. The highest BCUT2D eigenvalue weighted by Crippen LogP contribution is 2.61. The van der Waals surface area contributed by atoms with Crippen LogP contribution < -0.4 is 0 Å². The van der Waals surface area contributed by atoms with Gasteiger partial charge in [0.2, 0.25) is 0 Å². The molecular weight excluding hydrogens is 243 g/mol. The Morgan fingerprint density at radius 2 is 1.42 bits per heavy atom. The van der Waals surface area contributed by atoms with Gasteiger partial charge in [-0.15, -0.1) is 0 Å². The third kappa shape index (κ3) is 1.50. The molecule has 0 saturated heterocycles. The van der Waals surface area contributed by atoms with Gasteiger partial charge < -0.3 is 5.11 Å². The van der Waals surface area contributed by atoms with Crippen LogP contribution in [0.15, 0.2) is 12.1 Å². The van der Waals surface area contributed by atoms with Crippen LogP contribution in [0.1, 0.15) is 63.0 Å². The van der Waals surface area contributed by atoms with Crippen LogP contribution in [0, 0.1) is 11.2 Å². The van der Waals surface area contributed by atoms with Crippen LogP contribution in [0.25, 0.3) is 0 Å². The smallest absolute Gasteiger partial charge is 0.338 e. The van der Waals surface area contributed by atoms with E-state index in [0.717, 1.165) is 11.1 Å². The number of carbonyl (C=O) groups is 1. The molecular formula is C16H21FO2. The maximum atomic E-state index is 14.0. The number of carboxylic acids is 1. The highest BCUT2D eigenvalue weighted by atomic mass is 19.1. The molecule has 0 atom stereocenters. The molecule has 19 heavy (non-hydrogen) atoms. The van der Waals surface area contributed by atoms with Gasteiger partial charge in [0.25, 0.3) is 0 Å². The summed E-state index contributed by atoms with van der Waals surface area (Å²) in [4.78, 5) is 11.1. The van der Waals surface area contributed by atoms with E-state index in [0.29, 0.717) is 0 Å². The molecule has 0 radical (unpaired) electrons. The Balaban J connectivity index is 2.83. The van der Waals surface area contributed by atoms with E-state index in [1.807, 2.05) is 0 Å². The first-order valence-corrected chi connectivity index (χ1v) is 6.52. The lowest BCUT2D eigenvalue weighted by Crippen LogP contribution is -2.42. The molecule has 3 heteroatoms. The van der Waals surface area contributed by atoms with E-state index < -0.39 is 11.8 Å². The van der Waals surface area contributed by atoms with Gasteiger partial charge in [0.15, 0.2) is 0 Å². The standard InChI is InChI=1S/C16H21FO2/c1-14(2)10-7-9(13(18)19)12(17)8-11(10)15(3,4)16(14,5)6/h7-8H,1-6H3,(H,18,19). The van der Waals surface area contributed by atoms with Gasteiger partial charge in [-0.05, 0) is 39.5 Å². The molecule has 104 valence electrons. The largest absolute Gasteiger partial charge is 0.478 e. The number of halogens is 1. The molecule has 2 nitrogen and oxygen atoms in total. The molecule has 0 saturated carbocycles. The van der Waals surface area contributed by atoms with E-state index in [2.05, 4.69) is 41.5 Å². The number of aromatic carboxylic acids is 1. The van der Waals surface area contributed by atoms with E-state index in [1.165, 1.54) is 12.1 Å². The van der Waals surface area contributed by atoms with Gasteiger partial charge in [-0.1, -0.05) is 41.5 Å². The minimum Gasteiger partial charge on any atom is -0.478 e. The molecule has 0 spiro atoms. The third-order valence-electron chi connectivity index (χ3n) is 5.81. The average Bonchev–Trinajstić information content (AvgIpc) is 2.35. The van der Waals surface area contributed by atoms with Crippen molar-refractivity contribution in [2.45, 2.75) is 52.4 Å². The van der Waals surface area contributed by atoms with Crippen molar-refractivity contribution >= 4 is 5.97 Å². The molecule has 1 aliphatic carbocycles. The van der Waals surface area contributed by atoms with E-state index in [-0.39, 0.29) is 21.8 Å². The van der Waals surface area contributed by atoms with Crippen molar-refractivity contribution in [1.29, 1.82) is 0 Å². The Hall–Kier alpha value is -1.38. The molecule has 1 aromatic rings. The van der Waals surface area contributed by atoms with Gasteiger partial charge >= 0.3 is 5.97 Å². The molecule has 0 aromatic heterocycles. The average molecular weight is 264 g/mol. The highest BCUT2D eigenvalue weighted by Gasteiger charge is 2.57. The number of hydrogen-bond donors (Lipinski definition) is 1. The van der Waals surface area contributed by atoms with Crippen LogP contribution in [0.4, 0.5) is 4.39 Å². The lowest BCUT2D eigenvalue weighted by atomic mass is 9.59. The van der Waals surface area contributed by atoms with Crippen LogP contribution in [0.3, 0.4) is 0 Å². The summed E-state index contributed by atoms with van der Waals surface area (Å²) < 4.78 is 14.0. The zero-order valence-electron chi connectivity index (χ0n) is 12.4. The summed E-state index contributed by atoms with van der Waals surface area (Å²) >= 11 is 0. The summed E-state index contributed by atoms with van der Waals surface area (Å²) in [5.74, 6) is -1.86. The predicted molar refractivity (Wildman–Crippen MR) is 73.2 cm³/mol.